The minimum atomic E-state index is -1.31. The van der Waals surface area contributed by atoms with E-state index in [1.54, 1.807) is 18.2 Å². The Hall–Kier alpha value is -1.75. The summed E-state index contributed by atoms with van der Waals surface area (Å²) in [6.07, 6.45) is 2.25. The maximum atomic E-state index is 11.0. The van der Waals surface area contributed by atoms with Crippen LogP contribution in [0.2, 0.25) is 0 Å². The quantitative estimate of drug-likeness (QED) is 0.880. The zero-order chi connectivity index (χ0) is 14.2. The van der Waals surface area contributed by atoms with Gasteiger partial charge in [0.25, 0.3) is 0 Å². The van der Waals surface area contributed by atoms with Gasteiger partial charge >= 0.3 is 5.97 Å². The molecule has 1 aromatic carbocycles. The Kier molecular flexibility index (Phi) is 3.30. The predicted molar refractivity (Wildman–Crippen MR) is 70.9 cm³/mol. The van der Waals surface area contributed by atoms with Crippen molar-refractivity contribution in [1.82, 2.24) is 0 Å². The Balaban J connectivity index is 1.95. The molecule has 5 nitrogen and oxygen atoms in total. The number of carboxylic acids is 1. The predicted octanol–water partition coefficient (Wildman–Crippen LogP) is 1.92. The summed E-state index contributed by atoms with van der Waals surface area (Å²) in [5.41, 5.74) is -0.706. The van der Waals surface area contributed by atoms with Crippen LogP contribution in [-0.2, 0) is 10.4 Å². The first-order valence-corrected chi connectivity index (χ1v) is 6.94. The molecule has 20 heavy (non-hydrogen) atoms. The van der Waals surface area contributed by atoms with Crippen LogP contribution in [0.3, 0.4) is 0 Å². The van der Waals surface area contributed by atoms with E-state index in [-0.39, 0.29) is 12.3 Å². The lowest BCUT2D eigenvalue weighted by atomic mass is 9.85. The van der Waals surface area contributed by atoms with Crippen molar-refractivity contribution in [2.45, 2.75) is 31.3 Å². The van der Waals surface area contributed by atoms with Crippen LogP contribution in [0.15, 0.2) is 18.2 Å². The topological polar surface area (TPSA) is 76.0 Å². The number of aliphatic hydroxyl groups is 1. The van der Waals surface area contributed by atoms with Crippen molar-refractivity contribution < 1.29 is 24.5 Å². The molecule has 1 fully saturated rings. The van der Waals surface area contributed by atoms with Crippen molar-refractivity contribution in [2.75, 3.05) is 13.2 Å². The fourth-order valence-corrected chi connectivity index (χ4v) is 2.71. The zero-order valence-electron chi connectivity index (χ0n) is 11.2. The summed E-state index contributed by atoms with van der Waals surface area (Å²) in [5.74, 6) is 0.263. The van der Waals surface area contributed by atoms with E-state index in [0.717, 1.165) is 19.3 Å². The lowest BCUT2D eigenvalue weighted by Gasteiger charge is -2.27. The second-order valence-electron chi connectivity index (χ2n) is 5.48. The van der Waals surface area contributed by atoms with Gasteiger partial charge < -0.3 is 19.7 Å². The van der Waals surface area contributed by atoms with Crippen molar-refractivity contribution in [1.29, 1.82) is 0 Å². The molecule has 2 N–H and O–H groups in total. The number of hydrogen-bond acceptors (Lipinski definition) is 4. The molecule has 1 aliphatic carbocycles. The standard InChI is InChI=1S/C15H18O5/c16-14(17)9-15(18,10-2-3-10)11-4-5-12-13(8-11)20-7-1-6-19-12/h4-5,8,10,18H,1-3,6-7,9H2,(H,16,17). The van der Waals surface area contributed by atoms with Crippen molar-refractivity contribution in [3.05, 3.63) is 23.8 Å². The van der Waals surface area contributed by atoms with Gasteiger partial charge in [-0.05, 0) is 36.5 Å². The molecule has 0 bridgehead atoms. The molecule has 0 radical (unpaired) electrons. The molecule has 1 saturated carbocycles. The highest BCUT2D eigenvalue weighted by molar-refractivity contribution is 5.69. The van der Waals surface area contributed by atoms with Gasteiger partial charge in [-0.15, -0.1) is 0 Å². The summed E-state index contributed by atoms with van der Waals surface area (Å²) in [7, 11) is 0. The smallest absolute Gasteiger partial charge is 0.306 e. The third-order valence-electron chi connectivity index (χ3n) is 3.92. The molecule has 108 valence electrons. The molecule has 1 atom stereocenters. The molecule has 0 saturated heterocycles. The van der Waals surface area contributed by atoms with Gasteiger partial charge in [0.1, 0.15) is 5.60 Å². The van der Waals surface area contributed by atoms with Gasteiger partial charge in [-0.25, -0.2) is 0 Å². The van der Waals surface area contributed by atoms with Gasteiger partial charge in [-0.1, -0.05) is 6.07 Å². The van der Waals surface area contributed by atoms with E-state index >= 15 is 0 Å². The largest absolute Gasteiger partial charge is 0.490 e. The van der Waals surface area contributed by atoms with E-state index in [9.17, 15) is 9.90 Å². The molecule has 1 heterocycles. The summed E-state index contributed by atoms with van der Waals surface area (Å²) in [6.45, 7) is 1.17. The Morgan fingerprint density at radius 2 is 1.95 bits per heavy atom. The molecular weight excluding hydrogens is 260 g/mol. The summed E-state index contributed by atoms with van der Waals surface area (Å²) in [5, 5.41) is 19.8. The van der Waals surface area contributed by atoms with E-state index in [1.165, 1.54) is 0 Å². The molecule has 2 aliphatic rings. The first-order chi connectivity index (χ1) is 9.59. The third kappa shape index (κ3) is 2.45. The van der Waals surface area contributed by atoms with Gasteiger partial charge in [0.15, 0.2) is 11.5 Å². The number of carboxylic acid groups (broad SMARTS) is 1. The van der Waals surface area contributed by atoms with Crippen LogP contribution in [0.25, 0.3) is 0 Å². The molecule has 0 amide bonds. The van der Waals surface area contributed by atoms with Gasteiger partial charge in [-0.3, -0.25) is 4.79 Å². The number of benzene rings is 1. The minimum absolute atomic E-state index is 0.0170. The average molecular weight is 278 g/mol. The summed E-state index contributed by atoms with van der Waals surface area (Å²) >= 11 is 0. The molecule has 0 spiro atoms. The van der Waals surface area contributed by atoms with Gasteiger partial charge in [0.2, 0.25) is 0 Å². The Bertz CT molecular complexity index is 523. The van der Waals surface area contributed by atoms with E-state index in [4.69, 9.17) is 14.6 Å². The first kappa shape index (κ1) is 13.2. The second kappa shape index (κ2) is 4.98. The third-order valence-corrected chi connectivity index (χ3v) is 3.92. The van der Waals surface area contributed by atoms with Crippen molar-refractivity contribution in [2.24, 2.45) is 5.92 Å². The van der Waals surface area contributed by atoms with Crippen LogP contribution in [0.4, 0.5) is 0 Å². The summed E-state index contributed by atoms with van der Waals surface area (Å²) in [4.78, 5) is 11.0. The lowest BCUT2D eigenvalue weighted by Crippen LogP contribution is -2.31. The molecule has 1 unspecified atom stereocenters. The van der Waals surface area contributed by atoms with Crippen LogP contribution < -0.4 is 9.47 Å². The number of hydrogen-bond donors (Lipinski definition) is 2. The minimum Gasteiger partial charge on any atom is -0.490 e. The van der Waals surface area contributed by atoms with E-state index < -0.39 is 11.6 Å². The normalized spacial score (nSPS) is 20.9. The second-order valence-corrected chi connectivity index (χ2v) is 5.48. The zero-order valence-corrected chi connectivity index (χ0v) is 11.2. The molecule has 5 heteroatoms. The van der Waals surface area contributed by atoms with Crippen molar-refractivity contribution in [3.63, 3.8) is 0 Å². The average Bonchev–Trinajstić information content (AvgIpc) is 3.24. The Morgan fingerprint density at radius 1 is 1.25 bits per heavy atom. The fourth-order valence-electron chi connectivity index (χ4n) is 2.71. The molecule has 1 aliphatic heterocycles. The number of fused-ring (bicyclic) bond motifs is 1. The van der Waals surface area contributed by atoms with Gasteiger partial charge in [0, 0.05) is 6.42 Å². The first-order valence-electron chi connectivity index (χ1n) is 6.94. The number of rotatable bonds is 4. The monoisotopic (exact) mass is 278 g/mol. The van der Waals surface area contributed by atoms with Crippen LogP contribution in [-0.4, -0.2) is 29.4 Å². The number of aliphatic carboxylic acids is 1. The van der Waals surface area contributed by atoms with E-state index in [2.05, 4.69) is 0 Å². The summed E-state index contributed by atoms with van der Waals surface area (Å²) < 4.78 is 11.2. The molecule has 3 rings (SSSR count). The van der Waals surface area contributed by atoms with Gasteiger partial charge in [-0.2, -0.15) is 0 Å². The van der Waals surface area contributed by atoms with E-state index in [1.807, 2.05) is 0 Å². The SMILES string of the molecule is O=C(O)CC(O)(c1ccc2c(c1)OCCCO2)C1CC1. The Morgan fingerprint density at radius 3 is 2.60 bits per heavy atom. The van der Waals surface area contributed by atoms with Crippen LogP contribution in [0, 0.1) is 5.92 Å². The molecular formula is C15H18O5. The van der Waals surface area contributed by atoms with Crippen LogP contribution in [0.5, 0.6) is 11.5 Å². The Labute approximate surface area is 117 Å². The van der Waals surface area contributed by atoms with E-state index in [0.29, 0.717) is 30.3 Å². The van der Waals surface area contributed by atoms with Crippen LogP contribution in [0.1, 0.15) is 31.2 Å². The van der Waals surface area contributed by atoms with Crippen molar-refractivity contribution in [3.8, 4) is 11.5 Å². The molecule has 0 aromatic heterocycles. The molecule has 1 aromatic rings. The number of carbonyl (C=O) groups is 1. The van der Waals surface area contributed by atoms with Gasteiger partial charge in [0.05, 0.1) is 19.6 Å². The number of ether oxygens (including phenoxy) is 2. The van der Waals surface area contributed by atoms with Crippen molar-refractivity contribution >= 4 is 5.97 Å². The summed E-state index contributed by atoms with van der Waals surface area (Å²) in [6, 6.07) is 5.22. The fraction of sp³-hybridized carbons (Fsp3) is 0.533. The highest BCUT2D eigenvalue weighted by Gasteiger charge is 2.46. The maximum absolute atomic E-state index is 11.0. The highest BCUT2D eigenvalue weighted by atomic mass is 16.5. The van der Waals surface area contributed by atoms with Crippen LogP contribution >= 0.6 is 0 Å². The lowest BCUT2D eigenvalue weighted by molar-refractivity contribution is -0.144. The highest BCUT2D eigenvalue weighted by Crippen LogP contribution is 2.49. The maximum Gasteiger partial charge on any atom is 0.306 e.